The Bertz CT molecular complexity index is 467. The number of halogens is 1. The first kappa shape index (κ1) is 10.7. The van der Waals surface area contributed by atoms with Crippen molar-refractivity contribution in [2.24, 2.45) is 0 Å². The van der Waals surface area contributed by atoms with E-state index in [0.29, 0.717) is 6.04 Å². The number of aromatic nitrogens is 1. The Labute approximate surface area is 98.3 Å². The van der Waals surface area contributed by atoms with Gasteiger partial charge in [0, 0.05) is 6.04 Å². The molecule has 0 spiro atoms. The fraction of sp³-hybridized carbons (Fsp3) is 0.364. The van der Waals surface area contributed by atoms with Gasteiger partial charge < -0.3 is 5.32 Å². The maximum absolute atomic E-state index is 6.16. The van der Waals surface area contributed by atoms with Crippen molar-refractivity contribution in [1.82, 2.24) is 4.98 Å². The van der Waals surface area contributed by atoms with E-state index in [1.165, 1.54) is 4.70 Å². The highest BCUT2D eigenvalue weighted by molar-refractivity contribution is 7.16. The van der Waals surface area contributed by atoms with Crippen molar-refractivity contribution in [1.29, 1.82) is 0 Å². The summed E-state index contributed by atoms with van der Waals surface area (Å²) < 4.78 is 1.17. The van der Waals surface area contributed by atoms with Crippen LogP contribution in [0.3, 0.4) is 0 Å². The topological polar surface area (TPSA) is 24.9 Å². The summed E-state index contributed by atoms with van der Waals surface area (Å²) in [6.07, 6.45) is 1.07. The predicted octanol–water partition coefficient (Wildman–Crippen LogP) is 4.16. The molecule has 80 valence electrons. The maximum Gasteiger partial charge on any atom is 0.106 e. The maximum atomic E-state index is 6.16. The molecule has 1 aromatic heterocycles. The summed E-state index contributed by atoms with van der Waals surface area (Å²) in [5.41, 5.74) is 3.79. The summed E-state index contributed by atoms with van der Waals surface area (Å²) in [6.45, 7) is 4.29. The molecule has 4 heteroatoms. The lowest BCUT2D eigenvalue weighted by atomic mass is 10.2. The van der Waals surface area contributed by atoms with Crippen LogP contribution in [0.5, 0.6) is 0 Å². The summed E-state index contributed by atoms with van der Waals surface area (Å²) >= 11 is 7.80. The van der Waals surface area contributed by atoms with Crippen LogP contribution in [-0.4, -0.2) is 11.0 Å². The molecule has 0 radical (unpaired) electrons. The third-order valence-corrected chi connectivity index (χ3v) is 3.56. The Kier molecular flexibility index (Phi) is 3.12. The van der Waals surface area contributed by atoms with Gasteiger partial charge in [0.2, 0.25) is 0 Å². The number of benzene rings is 1. The van der Waals surface area contributed by atoms with Crippen molar-refractivity contribution < 1.29 is 0 Å². The first-order valence-corrected chi connectivity index (χ1v) is 6.26. The molecule has 2 nitrogen and oxygen atoms in total. The van der Waals surface area contributed by atoms with Crippen LogP contribution >= 0.6 is 22.9 Å². The van der Waals surface area contributed by atoms with E-state index in [0.717, 1.165) is 22.6 Å². The number of nitrogens with zero attached hydrogens (tertiary/aromatic N) is 1. The van der Waals surface area contributed by atoms with Crippen LogP contribution < -0.4 is 5.32 Å². The van der Waals surface area contributed by atoms with E-state index in [1.54, 1.807) is 11.3 Å². The molecule has 0 amide bonds. The number of rotatable bonds is 3. The van der Waals surface area contributed by atoms with Gasteiger partial charge in [-0.25, -0.2) is 4.98 Å². The molecule has 0 fully saturated rings. The van der Waals surface area contributed by atoms with Gasteiger partial charge in [0.05, 0.1) is 20.9 Å². The minimum absolute atomic E-state index is 0.412. The predicted molar refractivity (Wildman–Crippen MR) is 68.0 cm³/mol. The summed E-state index contributed by atoms with van der Waals surface area (Å²) in [6, 6.07) is 4.35. The van der Waals surface area contributed by atoms with Crippen molar-refractivity contribution in [3.63, 3.8) is 0 Å². The quantitative estimate of drug-likeness (QED) is 0.872. The van der Waals surface area contributed by atoms with Crippen molar-refractivity contribution >= 4 is 38.8 Å². The molecular formula is C11H13ClN2S. The van der Waals surface area contributed by atoms with E-state index in [-0.39, 0.29) is 0 Å². The fourth-order valence-electron chi connectivity index (χ4n) is 1.39. The van der Waals surface area contributed by atoms with Gasteiger partial charge in [-0.1, -0.05) is 18.5 Å². The highest BCUT2D eigenvalue weighted by atomic mass is 35.5. The highest BCUT2D eigenvalue weighted by Gasteiger charge is 2.10. The molecule has 0 aliphatic rings. The SMILES string of the molecule is CCC(C)Nc1c(Cl)ccc2scnc12. The normalized spacial score (nSPS) is 13.0. The third kappa shape index (κ3) is 2.08. The average Bonchev–Trinajstić information content (AvgIpc) is 2.70. The van der Waals surface area contributed by atoms with Gasteiger partial charge in [-0.15, -0.1) is 11.3 Å². The minimum Gasteiger partial charge on any atom is -0.380 e. The second kappa shape index (κ2) is 4.37. The van der Waals surface area contributed by atoms with Gasteiger partial charge in [-0.2, -0.15) is 0 Å². The molecule has 1 heterocycles. The zero-order valence-corrected chi connectivity index (χ0v) is 10.3. The van der Waals surface area contributed by atoms with Crippen LogP contribution in [-0.2, 0) is 0 Å². The second-order valence-corrected chi connectivity index (χ2v) is 4.87. The standard InChI is InChI=1S/C11H13ClN2S/c1-3-7(2)14-10-8(12)4-5-9-11(10)13-6-15-9/h4-7,14H,3H2,1-2H3. The molecular weight excluding hydrogens is 228 g/mol. The number of hydrogen-bond donors (Lipinski definition) is 1. The summed E-state index contributed by atoms with van der Waals surface area (Å²) in [7, 11) is 0. The molecule has 1 atom stereocenters. The van der Waals surface area contributed by atoms with Gasteiger partial charge in [0.15, 0.2) is 0 Å². The summed E-state index contributed by atoms with van der Waals surface area (Å²) in [5, 5.41) is 4.15. The molecule has 0 saturated heterocycles. The van der Waals surface area contributed by atoms with Gasteiger partial charge in [-0.05, 0) is 25.5 Å². The Hall–Kier alpha value is -0.800. The van der Waals surface area contributed by atoms with Crippen molar-refractivity contribution in [3.05, 3.63) is 22.7 Å². The van der Waals surface area contributed by atoms with Crippen molar-refractivity contribution in [2.75, 3.05) is 5.32 Å². The van der Waals surface area contributed by atoms with Gasteiger partial charge in [0.25, 0.3) is 0 Å². The lowest BCUT2D eigenvalue weighted by molar-refractivity contribution is 0.765. The van der Waals surface area contributed by atoms with Crippen molar-refractivity contribution in [2.45, 2.75) is 26.3 Å². The van der Waals surface area contributed by atoms with Gasteiger partial charge in [-0.3, -0.25) is 0 Å². The number of fused-ring (bicyclic) bond motifs is 1. The lowest BCUT2D eigenvalue weighted by Gasteiger charge is -2.14. The summed E-state index contributed by atoms with van der Waals surface area (Å²) in [4.78, 5) is 4.34. The zero-order chi connectivity index (χ0) is 10.8. The van der Waals surface area contributed by atoms with Gasteiger partial charge >= 0.3 is 0 Å². The largest absolute Gasteiger partial charge is 0.380 e. The molecule has 2 rings (SSSR count). The molecule has 1 unspecified atom stereocenters. The Morgan fingerprint density at radius 3 is 3.07 bits per heavy atom. The number of thiazole rings is 1. The molecule has 0 aliphatic carbocycles. The smallest absolute Gasteiger partial charge is 0.106 e. The molecule has 1 N–H and O–H groups in total. The number of hydrogen-bond acceptors (Lipinski definition) is 3. The molecule has 0 aliphatic heterocycles. The summed E-state index contributed by atoms with van der Waals surface area (Å²) in [5.74, 6) is 0. The van der Waals surface area contributed by atoms with E-state index < -0.39 is 0 Å². The number of nitrogens with one attached hydrogen (secondary N) is 1. The number of anilines is 1. The zero-order valence-electron chi connectivity index (χ0n) is 8.75. The van der Waals surface area contributed by atoms with E-state index in [4.69, 9.17) is 11.6 Å². The Morgan fingerprint density at radius 1 is 1.53 bits per heavy atom. The third-order valence-electron chi connectivity index (χ3n) is 2.45. The molecule has 1 aromatic carbocycles. The van der Waals surface area contributed by atoms with Crippen LogP contribution in [0.1, 0.15) is 20.3 Å². The van der Waals surface area contributed by atoms with Crippen LogP contribution in [0.4, 0.5) is 5.69 Å². The molecule has 0 bridgehead atoms. The van der Waals surface area contributed by atoms with Crippen LogP contribution in [0.2, 0.25) is 5.02 Å². The van der Waals surface area contributed by atoms with E-state index in [1.807, 2.05) is 17.6 Å². The van der Waals surface area contributed by atoms with E-state index in [9.17, 15) is 0 Å². The minimum atomic E-state index is 0.412. The van der Waals surface area contributed by atoms with Crippen LogP contribution in [0.25, 0.3) is 10.2 Å². The van der Waals surface area contributed by atoms with Gasteiger partial charge in [0.1, 0.15) is 5.52 Å². The molecule has 2 aromatic rings. The average molecular weight is 241 g/mol. The van der Waals surface area contributed by atoms with Crippen LogP contribution in [0.15, 0.2) is 17.6 Å². The van der Waals surface area contributed by atoms with Crippen LogP contribution in [0, 0.1) is 0 Å². The Morgan fingerprint density at radius 2 is 2.33 bits per heavy atom. The monoisotopic (exact) mass is 240 g/mol. The first-order valence-electron chi connectivity index (χ1n) is 5.00. The Balaban J connectivity index is 2.47. The lowest BCUT2D eigenvalue weighted by Crippen LogP contribution is -2.13. The van der Waals surface area contributed by atoms with E-state index in [2.05, 4.69) is 24.1 Å². The second-order valence-electron chi connectivity index (χ2n) is 3.58. The molecule has 0 saturated carbocycles. The fourth-order valence-corrected chi connectivity index (χ4v) is 2.28. The van der Waals surface area contributed by atoms with Crippen molar-refractivity contribution in [3.8, 4) is 0 Å². The highest BCUT2D eigenvalue weighted by Crippen LogP contribution is 2.32. The first-order chi connectivity index (χ1) is 7.22. The van der Waals surface area contributed by atoms with E-state index >= 15 is 0 Å². The molecule has 15 heavy (non-hydrogen) atoms.